The van der Waals surface area contributed by atoms with Gasteiger partial charge in [-0.2, -0.15) is 5.26 Å². The van der Waals surface area contributed by atoms with Crippen LogP contribution in [0.3, 0.4) is 0 Å². The average Bonchev–Trinajstić information content (AvgIpc) is 2.34. The monoisotopic (exact) mass is 235 g/mol. The highest BCUT2D eigenvalue weighted by Gasteiger charge is 2.06. The summed E-state index contributed by atoms with van der Waals surface area (Å²) in [5, 5.41) is 21.3. The minimum atomic E-state index is -0.574. The third-order valence-corrected chi connectivity index (χ3v) is 2.05. The van der Waals surface area contributed by atoms with E-state index in [-0.39, 0.29) is 6.61 Å². The summed E-state index contributed by atoms with van der Waals surface area (Å²) in [6.45, 7) is 4.68. The maximum Gasteiger partial charge on any atom is 0.213 e. The first-order chi connectivity index (χ1) is 8.11. The maximum absolute atomic E-state index is 9.59. The molecule has 0 saturated carbocycles. The molecule has 1 aromatic heterocycles. The van der Waals surface area contributed by atoms with Crippen molar-refractivity contribution in [1.29, 1.82) is 5.26 Å². The van der Waals surface area contributed by atoms with Crippen molar-refractivity contribution in [2.45, 2.75) is 26.0 Å². The molecule has 1 rings (SSSR count). The minimum Gasteiger partial charge on any atom is -0.475 e. The number of hydrogen-bond acceptors (Lipinski definition) is 5. The molecule has 0 fully saturated rings. The summed E-state index contributed by atoms with van der Waals surface area (Å²) in [5.41, 5.74) is 0.486. The predicted molar refractivity (Wildman–Crippen MR) is 63.6 cm³/mol. The van der Waals surface area contributed by atoms with E-state index in [1.165, 1.54) is 6.20 Å². The minimum absolute atomic E-state index is 0.179. The van der Waals surface area contributed by atoms with Crippen LogP contribution < -0.4 is 10.1 Å². The Hall–Kier alpha value is -1.64. The average molecular weight is 235 g/mol. The van der Waals surface area contributed by atoms with Crippen LogP contribution in [0.1, 0.15) is 19.4 Å². The third kappa shape index (κ3) is 5.29. The second-order valence-corrected chi connectivity index (χ2v) is 4.02. The molecule has 0 saturated heterocycles. The van der Waals surface area contributed by atoms with E-state index in [0.29, 0.717) is 24.0 Å². The van der Waals surface area contributed by atoms with Crippen LogP contribution in [0.4, 0.5) is 0 Å². The van der Waals surface area contributed by atoms with E-state index in [9.17, 15) is 5.11 Å². The van der Waals surface area contributed by atoms with E-state index in [1.807, 2.05) is 19.9 Å². The van der Waals surface area contributed by atoms with Crippen LogP contribution >= 0.6 is 0 Å². The number of nitrogens with zero attached hydrogens (tertiary/aromatic N) is 2. The van der Waals surface area contributed by atoms with Gasteiger partial charge in [-0.25, -0.2) is 4.98 Å². The Bertz CT molecular complexity index is 370. The Morgan fingerprint density at radius 2 is 2.29 bits per heavy atom. The van der Waals surface area contributed by atoms with Gasteiger partial charge >= 0.3 is 0 Å². The highest BCUT2D eigenvalue weighted by molar-refractivity contribution is 5.28. The van der Waals surface area contributed by atoms with Crippen LogP contribution in [0.5, 0.6) is 5.88 Å². The van der Waals surface area contributed by atoms with Gasteiger partial charge in [0.2, 0.25) is 5.88 Å². The largest absolute Gasteiger partial charge is 0.475 e. The smallest absolute Gasteiger partial charge is 0.213 e. The fourth-order valence-electron chi connectivity index (χ4n) is 1.14. The number of aliphatic hydroxyl groups is 1. The highest BCUT2D eigenvalue weighted by Crippen LogP contribution is 2.06. The summed E-state index contributed by atoms with van der Waals surface area (Å²) >= 11 is 0. The highest BCUT2D eigenvalue weighted by atomic mass is 16.5. The molecule has 0 aliphatic carbocycles. The number of nitrogens with one attached hydrogen (secondary N) is 1. The van der Waals surface area contributed by atoms with Crippen molar-refractivity contribution in [3.8, 4) is 11.9 Å². The number of hydrogen-bond donors (Lipinski definition) is 2. The number of nitriles is 1. The van der Waals surface area contributed by atoms with Crippen molar-refractivity contribution < 1.29 is 9.84 Å². The first-order valence-corrected chi connectivity index (χ1v) is 5.52. The van der Waals surface area contributed by atoms with Crippen molar-refractivity contribution in [2.24, 2.45) is 0 Å². The van der Waals surface area contributed by atoms with Gasteiger partial charge in [-0.15, -0.1) is 0 Å². The molecule has 5 heteroatoms. The molecule has 0 aromatic carbocycles. The summed E-state index contributed by atoms with van der Waals surface area (Å²) in [4.78, 5) is 3.94. The van der Waals surface area contributed by atoms with Crippen LogP contribution in [0.15, 0.2) is 18.3 Å². The Labute approximate surface area is 101 Å². The molecule has 0 amide bonds. The zero-order valence-electron chi connectivity index (χ0n) is 10.1. The second kappa shape index (κ2) is 6.84. The molecular weight excluding hydrogens is 218 g/mol. The van der Waals surface area contributed by atoms with Crippen molar-refractivity contribution in [1.82, 2.24) is 10.3 Å². The molecular formula is C12H17N3O2. The van der Waals surface area contributed by atoms with Gasteiger partial charge in [-0.05, 0) is 6.07 Å². The van der Waals surface area contributed by atoms with Crippen LogP contribution in [0.2, 0.25) is 0 Å². The van der Waals surface area contributed by atoms with Gasteiger partial charge in [0, 0.05) is 24.8 Å². The fraction of sp³-hybridized carbons (Fsp3) is 0.500. The lowest BCUT2D eigenvalue weighted by Crippen LogP contribution is -2.35. The first-order valence-electron chi connectivity index (χ1n) is 5.52. The first kappa shape index (κ1) is 13.4. The molecule has 17 heavy (non-hydrogen) atoms. The molecule has 2 N–H and O–H groups in total. The van der Waals surface area contributed by atoms with E-state index in [1.54, 1.807) is 12.1 Å². The fourth-order valence-corrected chi connectivity index (χ4v) is 1.14. The number of pyridine rings is 1. The maximum atomic E-state index is 9.59. The van der Waals surface area contributed by atoms with Gasteiger partial charge < -0.3 is 15.2 Å². The van der Waals surface area contributed by atoms with Gasteiger partial charge in [-0.1, -0.05) is 13.8 Å². The summed E-state index contributed by atoms with van der Waals surface area (Å²) in [6.07, 6.45) is 0.864. The van der Waals surface area contributed by atoms with E-state index < -0.39 is 6.10 Å². The van der Waals surface area contributed by atoms with Crippen molar-refractivity contribution in [2.75, 3.05) is 13.2 Å². The Kier molecular flexibility index (Phi) is 5.40. The normalized spacial score (nSPS) is 12.2. The summed E-state index contributed by atoms with van der Waals surface area (Å²) in [7, 11) is 0. The number of ether oxygens (including phenoxy) is 1. The molecule has 0 radical (unpaired) electrons. The van der Waals surface area contributed by atoms with Crippen molar-refractivity contribution in [3.63, 3.8) is 0 Å². The lowest BCUT2D eigenvalue weighted by atomic mass is 10.3. The van der Waals surface area contributed by atoms with Gasteiger partial charge in [0.25, 0.3) is 0 Å². The zero-order chi connectivity index (χ0) is 12.7. The Morgan fingerprint density at radius 3 is 2.82 bits per heavy atom. The number of aliphatic hydroxyl groups excluding tert-OH is 1. The van der Waals surface area contributed by atoms with E-state index >= 15 is 0 Å². The van der Waals surface area contributed by atoms with Crippen molar-refractivity contribution >= 4 is 0 Å². The molecule has 0 aliphatic heterocycles. The summed E-state index contributed by atoms with van der Waals surface area (Å²) in [6, 6.07) is 5.54. The van der Waals surface area contributed by atoms with Crippen LogP contribution in [0.25, 0.3) is 0 Å². The number of aromatic nitrogens is 1. The Balaban J connectivity index is 2.32. The molecule has 0 bridgehead atoms. The molecule has 1 atom stereocenters. The van der Waals surface area contributed by atoms with E-state index in [0.717, 1.165) is 0 Å². The van der Waals surface area contributed by atoms with E-state index in [4.69, 9.17) is 10.00 Å². The predicted octanol–water partition coefficient (Wildman–Crippen LogP) is 0.691. The lowest BCUT2D eigenvalue weighted by Gasteiger charge is -2.14. The Morgan fingerprint density at radius 1 is 1.53 bits per heavy atom. The van der Waals surface area contributed by atoms with Gasteiger partial charge in [0.05, 0.1) is 5.56 Å². The van der Waals surface area contributed by atoms with Crippen molar-refractivity contribution in [3.05, 3.63) is 23.9 Å². The molecule has 92 valence electrons. The summed E-state index contributed by atoms with van der Waals surface area (Å²) < 4.78 is 5.29. The standard InChI is InChI=1S/C12H17N3O2/c1-9(2)14-7-11(16)8-17-12-4-3-10(5-13)6-15-12/h3-4,6,9,11,14,16H,7-8H2,1-2H3. The molecule has 1 unspecified atom stereocenters. The second-order valence-electron chi connectivity index (χ2n) is 4.02. The molecule has 0 aliphatic rings. The topological polar surface area (TPSA) is 78.2 Å². The summed E-state index contributed by atoms with van der Waals surface area (Å²) in [5.74, 6) is 0.410. The SMILES string of the molecule is CC(C)NCC(O)COc1ccc(C#N)cn1. The van der Waals surface area contributed by atoms with Gasteiger partial charge in [-0.3, -0.25) is 0 Å². The van der Waals surface area contributed by atoms with E-state index in [2.05, 4.69) is 10.3 Å². The van der Waals surface area contributed by atoms with Crippen LogP contribution in [-0.4, -0.2) is 35.4 Å². The molecule has 1 aromatic rings. The zero-order valence-corrected chi connectivity index (χ0v) is 10.1. The number of rotatable bonds is 6. The van der Waals surface area contributed by atoms with Gasteiger partial charge in [0.1, 0.15) is 18.8 Å². The molecule has 1 heterocycles. The quantitative estimate of drug-likeness (QED) is 0.758. The van der Waals surface area contributed by atoms with Crippen LogP contribution in [-0.2, 0) is 0 Å². The van der Waals surface area contributed by atoms with Crippen LogP contribution in [0, 0.1) is 11.3 Å². The lowest BCUT2D eigenvalue weighted by molar-refractivity contribution is 0.102. The molecule has 5 nitrogen and oxygen atoms in total. The third-order valence-electron chi connectivity index (χ3n) is 2.05. The van der Waals surface area contributed by atoms with Gasteiger partial charge in [0.15, 0.2) is 0 Å². The molecule has 0 spiro atoms.